The summed E-state index contributed by atoms with van der Waals surface area (Å²) in [4.78, 5) is 17.5. The van der Waals surface area contributed by atoms with Crippen LogP contribution in [-0.2, 0) is 32.3 Å². The van der Waals surface area contributed by atoms with Crippen LogP contribution in [0.5, 0.6) is 5.88 Å². The average molecular weight is 658 g/mol. The lowest BCUT2D eigenvalue weighted by Gasteiger charge is -2.34. The Labute approximate surface area is 264 Å². The zero-order valence-electron chi connectivity index (χ0n) is 26.3. The van der Waals surface area contributed by atoms with Crippen molar-refractivity contribution in [2.75, 3.05) is 13.7 Å². The zero-order chi connectivity index (χ0) is 33.4. The molecule has 4 aromatic rings. The number of rotatable bonds is 6. The number of nitrogens with zero attached hydrogens (tertiary/aromatic N) is 5. The van der Waals surface area contributed by atoms with E-state index in [0.717, 1.165) is 9.96 Å². The second-order valence-corrected chi connectivity index (χ2v) is 14.7. The van der Waals surface area contributed by atoms with Gasteiger partial charge < -0.3 is 9.47 Å². The van der Waals surface area contributed by atoms with Gasteiger partial charge in [0.25, 0.3) is 0 Å². The summed E-state index contributed by atoms with van der Waals surface area (Å²) in [6.07, 6.45) is -0.481. The Hall–Kier alpha value is -4.04. The van der Waals surface area contributed by atoms with E-state index in [1.807, 2.05) is 25.1 Å². The van der Waals surface area contributed by atoms with E-state index in [-0.39, 0.29) is 29.5 Å². The molecule has 6 rings (SSSR count). The maximum Gasteiger partial charge on any atom is 0.452 e. The van der Waals surface area contributed by atoms with Crippen LogP contribution < -0.4 is 4.74 Å². The number of esters is 1. The Morgan fingerprint density at radius 1 is 1.11 bits per heavy atom. The van der Waals surface area contributed by atoms with Gasteiger partial charge in [-0.1, -0.05) is 18.2 Å². The zero-order valence-corrected chi connectivity index (χ0v) is 27.1. The van der Waals surface area contributed by atoms with Gasteiger partial charge in [-0.2, -0.15) is 17.5 Å². The number of sulfonamides is 1. The van der Waals surface area contributed by atoms with Gasteiger partial charge >= 0.3 is 12.1 Å². The second kappa shape index (κ2) is 10.8. The quantitative estimate of drug-likeness (QED) is 0.249. The monoisotopic (exact) mass is 657 g/mol. The number of alkyl halides is 3. The van der Waals surface area contributed by atoms with E-state index in [1.165, 1.54) is 23.7 Å². The second-order valence-electron chi connectivity index (χ2n) is 12.8. The lowest BCUT2D eigenvalue weighted by molar-refractivity contribution is -0.151. The minimum absolute atomic E-state index is 0.00999. The van der Waals surface area contributed by atoms with Gasteiger partial charge in [-0.15, -0.1) is 10.2 Å². The van der Waals surface area contributed by atoms with Crippen molar-refractivity contribution in [2.24, 2.45) is 5.41 Å². The first-order valence-electron chi connectivity index (χ1n) is 14.7. The predicted molar refractivity (Wildman–Crippen MR) is 161 cm³/mol. The number of ether oxygens (including phenoxy) is 2. The highest BCUT2D eigenvalue weighted by Gasteiger charge is 2.52. The molecule has 0 radical (unpaired) electrons. The van der Waals surface area contributed by atoms with Crippen LogP contribution in [0.2, 0.25) is 0 Å². The van der Waals surface area contributed by atoms with Crippen molar-refractivity contribution >= 4 is 21.6 Å². The van der Waals surface area contributed by atoms with Crippen molar-refractivity contribution < 1.29 is 35.9 Å². The fourth-order valence-electron chi connectivity index (χ4n) is 6.31. The van der Waals surface area contributed by atoms with Crippen LogP contribution in [0.25, 0.3) is 5.65 Å². The molecule has 0 saturated heterocycles. The molecule has 0 amide bonds. The molecular formula is C32H34F3N5O5S. The maximum atomic E-state index is 14.0. The molecule has 46 heavy (non-hydrogen) atoms. The van der Waals surface area contributed by atoms with Crippen LogP contribution in [0, 0.1) is 26.2 Å². The Morgan fingerprint density at radius 3 is 2.48 bits per heavy atom. The molecule has 1 unspecified atom stereocenters. The molecular weight excluding hydrogens is 623 g/mol. The van der Waals surface area contributed by atoms with Gasteiger partial charge in [0.15, 0.2) is 5.65 Å². The van der Waals surface area contributed by atoms with Crippen molar-refractivity contribution in [1.82, 2.24) is 23.9 Å². The summed E-state index contributed by atoms with van der Waals surface area (Å²) in [7, 11) is -2.72. The molecule has 2 aliphatic rings. The van der Waals surface area contributed by atoms with E-state index < -0.39 is 44.9 Å². The molecule has 0 N–H and O–H groups in total. The third-order valence-electron chi connectivity index (χ3n) is 9.08. The Bertz CT molecular complexity index is 1990. The Morgan fingerprint density at radius 2 is 1.83 bits per heavy atom. The van der Waals surface area contributed by atoms with Crippen molar-refractivity contribution in [2.45, 2.75) is 76.6 Å². The molecule has 1 fully saturated rings. The molecule has 3 aromatic heterocycles. The summed E-state index contributed by atoms with van der Waals surface area (Å²) in [5.74, 6) is -2.29. The third-order valence-corrected chi connectivity index (χ3v) is 10.9. The summed E-state index contributed by atoms with van der Waals surface area (Å²) < 4.78 is 82.5. The standard InChI is InChI=1S/C32H34F3N5O5S/c1-18-13-24-27(36-15-18)45-31(10-11-31)17-39(46(24,42)43)16-22-14-21(8-7-19(22)2)25(30(4,5)29(41)44-6)23-9-12-40-26(20(23)3)37-38-28(40)32(33,34)35/h7-9,12-15,25H,10-11,16-17H2,1-6H3. The van der Waals surface area contributed by atoms with E-state index in [2.05, 4.69) is 15.2 Å². The fraction of sp³-hybridized carbons (Fsp3) is 0.438. The highest BCUT2D eigenvalue weighted by Crippen LogP contribution is 2.47. The highest BCUT2D eigenvalue weighted by molar-refractivity contribution is 7.89. The van der Waals surface area contributed by atoms with Crippen molar-refractivity contribution in [3.05, 3.63) is 81.9 Å². The maximum absolute atomic E-state index is 14.0. The molecule has 0 bridgehead atoms. The number of aromatic nitrogens is 4. The molecule has 1 aromatic carbocycles. The van der Waals surface area contributed by atoms with E-state index >= 15 is 0 Å². The van der Waals surface area contributed by atoms with E-state index in [9.17, 15) is 26.4 Å². The molecule has 10 nitrogen and oxygen atoms in total. The van der Waals surface area contributed by atoms with Gasteiger partial charge in [-0.3, -0.25) is 9.20 Å². The first kappa shape index (κ1) is 31.9. The molecule has 244 valence electrons. The van der Waals surface area contributed by atoms with Gasteiger partial charge in [0.2, 0.25) is 21.7 Å². The van der Waals surface area contributed by atoms with Crippen LogP contribution in [0.3, 0.4) is 0 Å². The summed E-state index contributed by atoms with van der Waals surface area (Å²) >= 11 is 0. The highest BCUT2D eigenvalue weighted by atomic mass is 32.2. The largest absolute Gasteiger partial charge is 0.469 e. The number of hydrogen-bond donors (Lipinski definition) is 0. The van der Waals surface area contributed by atoms with Gasteiger partial charge in [0, 0.05) is 24.9 Å². The number of benzene rings is 1. The third kappa shape index (κ3) is 5.30. The number of aryl methyl sites for hydroxylation is 3. The summed E-state index contributed by atoms with van der Waals surface area (Å²) in [5, 5.41) is 7.22. The van der Waals surface area contributed by atoms with Gasteiger partial charge in [-0.05, 0) is 93.0 Å². The Balaban J connectivity index is 1.47. The molecule has 1 atom stereocenters. The fourth-order valence-corrected chi connectivity index (χ4v) is 7.96. The minimum Gasteiger partial charge on any atom is -0.469 e. The normalized spacial score (nSPS) is 18.1. The predicted octanol–water partition coefficient (Wildman–Crippen LogP) is 5.52. The first-order valence-corrected chi connectivity index (χ1v) is 16.2. The molecule has 1 saturated carbocycles. The number of fused-ring (bicyclic) bond motifs is 2. The van der Waals surface area contributed by atoms with Crippen LogP contribution in [-0.4, -0.2) is 57.5 Å². The Kier molecular flexibility index (Phi) is 7.47. The molecule has 1 spiro atoms. The number of halogens is 3. The molecule has 4 heterocycles. The van der Waals surface area contributed by atoms with Crippen molar-refractivity contribution in [3.8, 4) is 5.88 Å². The number of pyridine rings is 2. The van der Waals surface area contributed by atoms with E-state index in [0.29, 0.717) is 40.7 Å². The topological polar surface area (TPSA) is 116 Å². The van der Waals surface area contributed by atoms with Crippen LogP contribution in [0.15, 0.2) is 47.6 Å². The minimum atomic E-state index is -4.71. The molecule has 14 heteroatoms. The average Bonchev–Trinajstić information content (AvgIpc) is 3.60. The lowest BCUT2D eigenvalue weighted by atomic mass is 9.70. The summed E-state index contributed by atoms with van der Waals surface area (Å²) in [6, 6.07) is 8.65. The van der Waals surface area contributed by atoms with Gasteiger partial charge in [0.05, 0.1) is 19.1 Å². The van der Waals surface area contributed by atoms with E-state index in [1.54, 1.807) is 40.0 Å². The SMILES string of the molecule is COC(=O)C(C)(C)C(c1ccc(C)c(CN2CC3(CC3)Oc3ncc(C)cc3S2(=O)=O)c1)c1ccn2c(C(F)(F)F)nnc2c1C. The smallest absolute Gasteiger partial charge is 0.452 e. The van der Waals surface area contributed by atoms with Crippen molar-refractivity contribution in [1.29, 1.82) is 0 Å². The number of carbonyl (C=O) groups excluding carboxylic acids is 1. The van der Waals surface area contributed by atoms with Crippen LogP contribution in [0.1, 0.15) is 71.8 Å². The van der Waals surface area contributed by atoms with Crippen LogP contribution >= 0.6 is 0 Å². The number of carbonyl (C=O) groups is 1. The molecule has 1 aliphatic carbocycles. The number of methoxy groups -OCH3 is 1. The number of hydrogen-bond acceptors (Lipinski definition) is 8. The van der Waals surface area contributed by atoms with Gasteiger partial charge in [0.1, 0.15) is 10.5 Å². The first-order chi connectivity index (χ1) is 21.5. The van der Waals surface area contributed by atoms with Crippen LogP contribution in [0.4, 0.5) is 13.2 Å². The van der Waals surface area contributed by atoms with E-state index in [4.69, 9.17) is 9.47 Å². The van der Waals surface area contributed by atoms with Gasteiger partial charge in [-0.25, -0.2) is 13.4 Å². The van der Waals surface area contributed by atoms with Crippen molar-refractivity contribution in [3.63, 3.8) is 0 Å². The summed E-state index contributed by atoms with van der Waals surface area (Å²) in [5.41, 5.74) is 2.00. The molecule has 1 aliphatic heterocycles. The summed E-state index contributed by atoms with van der Waals surface area (Å²) in [6.45, 7) is 8.87. The lowest BCUT2D eigenvalue weighted by Crippen LogP contribution is -2.38.